The Morgan fingerprint density at radius 2 is 1.73 bits per heavy atom. The van der Waals surface area contributed by atoms with Gasteiger partial charge in [0.1, 0.15) is 0 Å². The summed E-state index contributed by atoms with van der Waals surface area (Å²) in [5, 5.41) is 4.63. The van der Waals surface area contributed by atoms with E-state index in [0.29, 0.717) is 12.5 Å². The standard InChI is InChI=1S/C23H27N5O2/c1-18-2-4-21(5-3-18)15-27-16-29-30-17-28(24)23(27)26-22-8-6-19(7-9-22)14-20-10-12-25-13-11-20/h2-12,25H,13-17,24H2,1H3. The number of hydrazine groups is 1. The fourth-order valence-corrected chi connectivity index (χ4v) is 3.32. The largest absolute Gasteiger partial charge is 0.387 e. The number of benzene rings is 2. The molecule has 0 aromatic heterocycles. The molecule has 156 valence electrons. The Bertz CT molecular complexity index is 935. The summed E-state index contributed by atoms with van der Waals surface area (Å²) in [6.45, 7) is 3.92. The molecule has 4 rings (SSSR count). The molecule has 0 amide bonds. The maximum Gasteiger partial charge on any atom is 0.220 e. The van der Waals surface area contributed by atoms with Crippen LogP contribution in [0, 0.1) is 6.92 Å². The second-order valence-corrected chi connectivity index (χ2v) is 7.42. The van der Waals surface area contributed by atoms with Gasteiger partial charge in [-0.15, -0.1) is 0 Å². The average Bonchev–Trinajstić information content (AvgIpc) is 2.93. The molecule has 3 N–H and O–H groups in total. The van der Waals surface area contributed by atoms with Crippen molar-refractivity contribution in [2.45, 2.75) is 19.9 Å². The van der Waals surface area contributed by atoms with Gasteiger partial charge in [0.05, 0.1) is 5.69 Å². The third-order valence-corrected chi connectivity index (χ3v) is 4.99. The molecule has 0 unspecified atom stereocenters. The van der Waals surface area contributed by atoms with Crippen molar-refractivity contribution in [3.63, 3.8) is 0 Å². The smallest absolute Gasteiger partial charge is 0.220 e. The molecule has 2 aliphatic rings. The fraction of sp³-hybridized carbons (Fsp3) is 0.261. The summed E-state index contributed by atoms with van der Waals surface area (Å²) in [5.74, 6) is 6.79. The summed E-state index contributed by atoms with van der Waals surface area (Å²) < 4.78 is 0. The number of nitrogens with zero attached hydrogens (tertiary/aromatic N) is 3. The molecule has 0 radical (unpaired) electrons. The first-order chi connectivity index (χ1) is 14.7. The van der Waals surface area contributed by atoms with Crippen LogP contribution >= 0.6 is 0 Å². The predicted octanol–water partition coefficient (Wildman–Crippen LogP) is 3.12. The maximum atomic E-state index is 6.18. The Morgan fingerprint density at radius 3 is 2.47 bits per heavy atom. The van der Waals surface area contributed by atoms with Crippen LogP contribution in [0.3, 0.4) is 0 Å². The molecule has 0 aliphatic carbocycles. The van der Waals surface area contributed by atoms with E-state index >= 15 is 0 Å². The zero-order valence-electron chi connectivity index (χ0n) is 17.1. The summed E-state index contributed by atoms with van der Waals surface area (Å²) in [7, 11) is 0. The van der Waals surface area contributed by atoms with Gasteiger partial charge in [-0.25, -0.2) is 20.6 Å². The number of hydrogen-bond donors (Lipinski definition) is 2. The van der Waals surface area contributed by atoms with Crippen molar-refractivity contribution in [2.24, 2.45) is 10.8 Å². The van der Waals surface area contributed by atoms with Crippen molar-refractivity contribution in [1.82, 2.24) is 15.2 Å². The van der Waals surface area contributed by atoms with Crippen LogP contribution < -0.4 is 11.2 Å². The third kappa shape index (κ3) is 5.27. The highest BCUT2D eigenvalue weighted by molar-refractivity contribution is 5.82. The molecule has 0 atom stereocenters. The van der Waals surface area contributed by atoms with Crippen LogP contribution in [0.1, 0.15) is 16.7 Å². The van der Waals surface area contributed by atoms with Gasteiger partial charge >= 0.3 is 0 Å². The molecule has 1 fully saturated rings. The number of hydrogen-bond acceptors (Lipinski definition) is 5. The van der Waals surface area contributed by atoms with E-state index in [-0.39, 0.29) is 13.5 Å². The normalized spacial score (nSPS) is 18.2. The van der Waals surface area contributed by atoms with E-state index < -0.39 is 0 Å². The molecule has 1 saturated heterocycles. The van der Waals surface area contributed by atoms with Gasteiger partial charge in [0.15, 0.2) is 13.5 Å². The Hall–Kier alpha value is -3.13. The summed E-state index contributed by atoms with van der Waals surface area (Å²) >= 11 is 0. The topological polar surface area (TPSA) is 75.4 Å². The van der Waals surface area contributed by atoms with Crippen LogP contribution in [0.25, 0.3) is 0 Å². The van der Waals surface area contributed by atoms with Crippen LogP contribution in [-0.2, 0) is 22.7 Å². The number of aryl methyl sites for hydroxylation is 1. The number of rotatable bonds is 5. The molecule has 0 saturated carbocycles. The van der Waals surface area contributed by atoms with Crippen molar-refractivity contribution in [3.05, 3.63) is 89.1 Å². The Labute approximate surface area is 177 Å². The lowest BCUT2D eigenvalue weighted by atomic mass is 10.0. The van der Waals surface area contributed by atoms with Crippen LogP contribution in [0.15, 0.2) is 77.4 Å². The molecule has 2 aliphatic heterocycles. The summed E-state index contributed by atoms with van der Waals surface area (Å²) in [4.78, 5) is 17.1. The zero-order chi connectivity index (χ0) is 20.8. The zero-order valence-corrected chi connectivity index (χ0v) is 17.1. The van der Waals surface area contributed by atoms with Gasteiger partial charge < -0.3 is 10.2 Å². The second-order valence-electron chi connectivity index (χ2n) is 7.42. The lowest BCUT2D eigenvalue weighted by molar-refractivity contribution is -0.314. The van der Waals surface area contributed by atoms with Gasteiger partial charge in [-0.05, 0) is 54.5 Å². The summed E-state index contributed by atoms with van der Waals surface area (Å²) in [6.07, 6.45) is 7.21. The van der Waals surface area contributed by atoms with Gasteiger partial charge in [-0.2, -0.15) is 0 Å². The SMILES string of the molecule is Cc1ccc(CN2COOCN(N)C2=Nc2ccc(CC3=CCNC=C3)cc2)cc1. The van der Waals surface area contributed by atoms with E-state index in [1.807, 2.05) is 23.2 Å². The quantitative estimate of drug-likeness (QED) is 0.588. The lowest BCUT2D eigenvalue weighted by Crippen LogP contribution is -2.46. The van der Waals surface area contributed by atoms with E-state index in [2.05, 4.69) is 60.8 Å². The number of nitrogens with two attached hydrogens (primary N) is 1. The highest BCUT2D eigenvalue weighted by Crippen LogP contribution is 2.19. The molecular weight excluding hydrogens is 378 g/mol. The molecule has 2 aromatic rings. The minimum atomic E-state index is 0.107. The Balaban J connectivity index is 1.52. The van der Waals surface area contributed by atoms with E-state index in [0.717, 1.165) is 24.2 Å². The number of guanidine groups is 1. The number of dihydropyridines is 1. The van der Waals surface area contributed by atoms with E-state index in [9.17, 15) is 0 Å². The second kappa shape index (κ2) is 9.58. The van der Waals surface area contributed by atoms with E-state index in [4.69, 9.17) is 20.6 Å². The molecule has 30 heavy (non-hydrogen) atoms. The average molecular weight is 406 g/mol. The van der Waals surface area contributed by atoms with Crippen molar-refractivity contribution in [3.8, 4) is 0 Å². The van der Waals surface area contributed by atoms with Crippen molar-refractivity contribution in [2.75, 3.05) is 20.0 Å². The minimum absolute atomic E-state index is 0.107. The minimum Gasteiger partial charge on any atom is -0.387 e. The van der Waals surface area contributed by atoms with Gasteiger partial charge in [-0.3, -0.25) is 5.01 Å². The summed E-state index contributed by atoms with van der Waals surface area (Å²) in [5.41, 5.74) is 5.74. The van der Waals surface area contributed by atoms with E-state index in [1.165, 1.54) is 21.7 Å². The Morgan fingerprint density at radius 1 is 1.00 bits per heavy atom. The fourth-order valence-electron chi connectivity index (χ4n) is 3.32. The monoisotopic (exact) mass is 405 g/mol. The Kier molecular flexibility index (Phi) is 6.44. The van der Waals surface area contributed by atoms with Crippen LogP contribution in [0.5, 0.6) is 0 Å². The molecule has 7 nitrogen and oxygen atoms in total. The van der Waals surface area contributed by atoms with Crippen molar-refractivity contribution >= 4 is 11.6 Å². The predicted molar refractivity (Wildman–Crippen MR) is 117 cm³/mol. The maximum absolute atomic E-state index is 6.18. The van der Waals surface area contributed by atoms with Crippen molar-refractivity contribution < 1.29 is 9.78 Å². The number of allylic oxidation sites excluding steroid dienone is 2. The van der Waals surface area contributed by atoms with Crippen LogP contribution in [-0.4, -0.2) is 35.9 Å². The molecule has 2 aromatic carbocycles. The first-order valence-electron chi connectivity index (χ1n) is 10.0. The number of aliphatic imine (C=N–C) groups is 1. The molecule has 0 spiro atoms. The molecule has 2 heterocycles. The van der Waals surface area contributed by atoms with Crippen molar-refractivity contribution in [1.29, 1.82) is 0 Å². The molecular formula is C23H27N5O2. The van der Waals surface area contributed by atoms with Gasteiger partial charge in [0.25, 0.3) is 0 Å². The van der Waals surface area contributed by atoms with Gasteiger partial charge in [0.2, 0.25) is 5.96 Å². The number of nitrogens with one attached hydrogen (secondary N) is 1. The lowest BCUT2D eigenvalue weighted by Gasteiger charge is -2.26. The molecule has 7 heteroatoms. The van der Waals surface area contributed by atoms with E-state index in [1.54, 1.807) is 0 Å². The van der Waals surface area contributed by atoms with Gasteiger partial charge in [0, 0.05) is 13.1 Å². The third-order valence-electron chi connectivity index (χ3n) is 4.99. The first kappa shape index (κ1) is 20.2. The highest BCUT2D eigenvalue weighted by Gasteiger charge is 2.21. The first-order valence-corrected chi connectivity index (χ1v) is 10.0. The van der Waals surface area contributed by atoms with Gasteiger partial charge in [-0.1, -0.05) is 48.0 Å². The van der Waals surface area contributed by atoms with Crippen LogP contribution in [0.4, 0.5) is 5.69 Å². The molecule has 0 bridgehead atoms. The summed E-state index contributed by atoms with van der Waals surface area (Å²) in [6, 6.07) is 16.6. The highest BCUT2D eigenvalue weighted by atomic mass is 17.2. The van der Waals surface area contributed by atoms with Crippen LogP contribution in [0.2, 0.25) is 0 Å².